The van der Waals surface area contributed by atoms with Gasteiger partial charge in [0.2, 0.25) is 5.91 Å². The Morgan fingerprint density at radius 3 is 2.52 bits per heavy atom. The standard InChI is InChI=1S/C20H29BrN4OS/c1-14(2)12-25-16(4)18(15(3)22-25)11-20(26)24-9-7-23(8-10-24)13-17-5-6-19(21)27-17/h5-6,14H,7-13H2,1-4H3. The molecule has 0 atom stereocenters. The number of hydrogen-bond acceptors (Lipinski definition) is 4. The number of nitrogens with zero attached hydrogens (tertiary/aromatic N) is 4. The van der Waals surface area contributed by atoms with Gasteiger partial charge in [-0.1, -0.05) is 13.8 Å². The SMILES string of the molecule is Cc1nn(CC(C)C)c(C)c1CC(=O)N1CCN(Cc2ccc(Br)s2)CC1. The Labute approximate surface area is 174 Å². The van der Waals surface area contributed by atoms with Crippen molar-refractivity contribution in [3.63, 3.8) is 0 Å². The van der Waals surface area contributed by atoms with E-state index in [9.17, 15) is 4.79 Å². The highest BCUT2D eigenvalue weighted by Gasteiger charge is 2.24. The third-order valence-electron chi connectivity index (χ3n) is 5.13. The molecule has 1 fully saturated rings. The molecule has 0 spiro atoms. The summed E-state index contributed by atoms with van der Waals surface area (Å²) < 4.78 is 3.23. The number of aromatic nitrogens is 2. The Balaban J connectivity index is 1.54. The number of hydrogen-bond donors (Lipinski definition) is 0. The first-order chi connectivity index (χ1) is 12.8. The third-order valence-corrected chi connectivity index (χ3v) is 6.74. The zero-order valence-corrected chi connectivity index (χ0v) is 19.1. The van der Waals surface area contributed by atoms with Crippen molar-refractivity contribution in [3.8, 4) is 0 Å². The molecule has 2 aromatic rings. The highest BCUT2D eigenvalue weighted by atomic mass is 79.9. The molecule has 1 saturated heterocycles. The minimum Gasteiger partial charge on any atom is -0.340 e. The lowest BCUT2D eigenvalue weighted by Crippen LogP contribution is -2.48. The second-order valence-electron chi connectivity index (χ2n) is 7.76. The minimum atomic E-state index is 0.226. The van der Waals surface area contributed by atoms with Crippen LogP contribution in [0, 0.1) is 19.8 Å². The van der Waals surface area contributed by atoms with Gasteiger partial charge in [0.15, 0.2) is 0 Å². The summed E-state index contributed by atoms with van der Waals surface area (Å²) >= 11 is 5.31. The Morgan fingerprint density at radius 1 is 1.22 bits per heavy atom. The van der Waals surface area contributed by atoms with Gasteiger partial charge in [-0.05, 0) is 47.8 Å². The lowest BCUT2D eigenvalue weighted by atomic mass is 10.1. The summed E-state index contributed by atoms with van der Waals surface area (Å²) in [7, 11) is 0. The van der Waals surface area contributed by atoms with Crippen LogP contribution in [0.3, 0.4) is 0 Å². The molecule has 0 aliphatic carbocycles. The van der Waals surface area contributed by atoms with E-state index >= 15 is 0 Å². The van der Waals surface area contributed by atoms with E-state index in [1.807, 2.05) is 11.8 Å². The number of halogens is 1. The fourth-order valence-corrected chi connectivity index (χ4v) is 5.11. The summed E-state index contributed by atoms with van der Waals surface area (Å²) in [5, 5.41) is 4.64. The average molecular weight is 453 g/mol. The number of rotatable bonds is 6. The van der Waals surface area contributed by atoms with E-state index < -0.39 is 0 Å². The first-order valence-corrected chi connectivity index (χ1v) is 11.2. The van der Waals surface area contributed by atoms with Crippen LogP contribution >= 0.6 is 27.3 Å². The van der Waals surface area contributed by atoms with Crippen molar-refractivity contribution >= 4 is 33.2 Å². The maximum absolute atomic E-state index is 12.8. The number of amides is 1. The van der Waals surface area contributed by atoms with Crippen LogP contribution in [0.5, 0.6) is 0 Å². The fraction of sp³-hybridized carbons (Fsp3) is 0.600. The number of carbonyl (C=O) groups excluding carboxylic acids is 1. The third kappa shape index (κ3) is 5.21. The molecule has 2 aromatic heterocycles. The fourth-order valence-electron chi connectivity index (χ4n) is 3.59. The van der Waals surface area contributed by atoms with Crippen molar-refractivity contribution in [2.75, 3.05) is 26.2 Å². The van der Waals surface area contributed by atoms with E-state index in [4.69, 9.17) is 0 Å². The molecule has 148 valence electrons. The van der Waals surface area contributed by atoms with Crippen LogP contribution in [0.2, 0.25) is 0 Å². The maximum atomic E-state index is 12.8. The maximum Gasteiger partial charge on any atom is 0.227 e. The van der Waals surface area contributed by atoms with E-state index in [0.29, 0.717) is 12.3 Å². The average Bonchev–Trinajstić information content (AvgIpc) is 3.13. The summed E-state index contributed by atoms with van der Waals surface area (Å²) in [6.45, 7) is 13.8. The lowest BCUT2D eigenvalue weighted by molar-refractivity contribution is -0.132. The zero-order chi connectivity index (χ0) is 19.6. The molecule has 7 heteroatoms. The Hall–Kier alpha value is -1.18. The highest BCUT2D eigenvalue weighted by molar-refractivity contribution is 9.11. The van der Waals surface area contributed by atoms with E-state index in [0.717, 1.165) is 56.2 Å². The summed E-state index contributed by atoms with van der Waals surface area (Å²) in [4.78, 5) is 18.6. The molecule has 1 amide bonds. The summed E-state index contributed by atoms with van der Waals surface area (Å²) in [5.74, 6) is 0.771. The largest absolute Gasteiger partial charge is 0.340 e. The molecule has 3 heterocycles. The van der Waals surface area contributed by atoms with Crippen molar-refractivity contribution in [2.24, 2.45) is 5.92 Å². The molecule has 0 bridgehead atoms. The quantitative estimate of drug-likeness (QED) is 0.667. The van der Waals surface area contributed by atoms with Gasteiger partial charge in [-0.3, -0.25) is 14.4 Å². The predicted octanol–water partition coefficient (Wildman–Crippen LogP) is 3.87. The number of piperazine rings is 1. The van der Waals surface area contributed by atoms with Gasteiger partial charge in [0, 0.05) is 55.4 Å². The van der Waals surface area contributed by atoms with Crippen LogP contribution in [0.1, 0.15) is 35.7 Å². The first-order valence-electron chi connectivity index (χ1n) is 9.60. The predicted molar refractivity (Wildman–Crippen MR) is 114 cm³/mol. The normalized spacial score (nSPS) is 15.7. The van der Waals surface area contributed by atoms with E-state index in [1.54, 1.807) is 11.3 Å². The number of carbonyl (C=O) groups is 1. The summed E-state index contributed by atoms with van der Waals surface area (Å²) in [5.41, 5.74) is 3.23. The van der Waals surface area contributed by atoms with Gasteiger partial charge in [-0.2, -0.15) is 5.10 Å². The van der Waals surface area contributed by atoms with Crippen LogP contribution in [-0.2, 0) is 24.3 Å². The highest BCUT2D eigenvalue weighted by Crippen LogP contribution is 2.24. The molecule has 1 aliphatic rings. The first kappa shape index (κ1) is 20.6. The van der Waals surface area contributed by atoms with Crippen LogP contribution in [-0.4, -0.2) is 51.7 Å². The van der Waals surface area contributed by atoms with Crippen LogP contribution in [0.15, 0.2) is 15.9 Å². The number of thiophene rings is 1. The Kier molecular flexibility index (Phi) is 6.76. The van der Waals surface area contributed by atoms with Gasteiger partial charge < -0.3 is 4.90 Å². The van der Waals surface area contributed by atoms with Crippen molar-refractivity contribution in [2.45, 2.75) is 47.2 Å². The number of aryl methyl sites for hydroxylation is 1. The van der Waals surface area contributed by atoms with E-state index in [-0.39, 0.29) is 5.91 Å². The van der Waals surface area contributed by atoms with Crippen molar-refractivity contribution < 1.29 is 4.79 Å². The molecule has 0 radical (unpaired) electrons. The Bertz CT molecular complexity index is 790. The second kappa shape index (κ2) is 8.88. The molecular weight excluding hydrogens is 424 g/mol. The van der Waals surface area contributed by atoms with Gasteiger partial charge >= 0.3 is 0 Å². The van der Waals surface area contributed by atoms with Gasteiger partial charge in [0.1, 0.15) is 0 Å². The second-order valence-corrected chi connectivity index (χ2v) is 10.3. The molecule has 27 heavy (non-hydrogen) atoms. The molecule has 0 unspecified atom stereocenters. The monoisotopic (exact) mass is 452 g/mol. The molecule has 0 saturated carbocycles. The van der Waals surface area contributed by atoms with Gasteiger partial charge in [-0.25, -0.2) is 0 Å². The molecule has 1 aliphatic heterocycles. The van der Waals surface area contributed by atoms with Crippen molar-refractivity contribution in [1.29, 1.82) is 0 Å². The van der Waals surface area contributed by atoms with Crippen LogP contribution in [0.25, 0.3) is 0 Å². The minimum absolute atomic E-state index is 0.226. The van der Waals surface area contributed by atoms with Gasteiger partial charge in [0.05, 0.1) is 15.9 Å². The lowest BCUT2D eigenvalue weighted by Gasteiger charge is -2.34. The summed E-state index contributed by atoms with van der Waals surface area (Å²) in [6.07, 6.45) is 0.466. The smallest absolute Gasteiger partial charge is 0.227 e. The zero-order valence-electron chi connectivity index (χ0n) is 16.7. The molecule has 0 N–H and O–H groups in total. The van der Waals surface area contributed by atoms with Crippen LogP contribution < -0.4 is 0 Å². The Morgan fingerprint density at radius 2 is 1.93 bits per heavy atom. The van der Waals surface area contributed by atoms with Crippen LogP contribution in [0.4, 0.5) is 0 Å². The van der Waals surface area contributed by atoms with Gasteiger partial charge in [0.25, 0.3) is 0 Å². The van der Waals surface area contributed by atoms with Crippen molar-refractivity contribution in [3.05, 3.63) is 37.7 Å². The molecule has 0 aromatic carbocycles. The van der Waals surface area contributed by atoms with Gasteiger partial charge in [-0.15, -0.1) is 11.3 Å². The van der Waals surface area contributed by atoms with E-state index in [1.165, 1.54) is 8.66 Å². The molecular formula is C20H29BrN4OS. The van der Waals surface area contributed by atoms with Crippen molar-refractivity contribution in [1.82, 2.24) is 19.6 Å². The summed E-state index contributed by atoms with van der Waals surface area (Å²) in [6, 6.07) is 4.27. The topological polar surface area (TPSA) is 41.4 Å². The van der Waals surface area contributed by atoms with E-state index in [2.05, 4.69) is 63.5 Å². The molecule has 5 nitrogen and oxygen atoms in total. The molecule has 3 rings (SSSR count).